The summed E-state index contributed by atoms with van der Waals surface area (Å²) < 4.78 is 164. The Kier molecular flexibility index (Phi) is 12.7. The number of hydrogen-bond donors (Lipinski definition) is 0. The van der Waals surface area contributed by atoms with Gasteiger partial charge in [0.15, 0.2) is 4.58 Å². The molecule has 0 saturated heterocycles. The zero-order chi connectivity index (χ0) is 32.5. The Morgan fingerprint density at radius 2 is 0.846 bits per heavy atom. The van der Waals surface area contributed by atoms with E-state index in [1.165, 1.54) is 0 Å². The summed E-state index contributed by atoms with van der Waals surface area (Å²) in [5.74, 6) is -27.2. The molecule has 0 N–H and O–H groups in total. The van der Waals surface area contributed by atoms with Crippen molar-refractivity contribution in [3.8, 4) is 0 Å². The summed E-state index contributed by atoms with van der Waals surface area (Å²) in [6.45, 7) is 0. The lowest BCUT2D eigenvalue weighted by molar-refractivity contribution is -0.279. The topological polar surface area (TPSA) is 0 Å². The lowest BCUT2D eigenvalue weighted by Gasteiger charge is -2.48. The molecule has 0 heterocycles. The quantitative estimate of drug-likeness (QED) is 0.128. The molecule has 4 unspecified atom stereocenters. The molecule has 0 nitrogen and oxygen atoms in total. The highest BCUT2D eigenvalue weighted by Gasteiger charge is 2.90. The number of alkyl halides is 25. The lowest BCUT2D eigenvalue weighted by Crippen LogP contribution is -2.74. The third kappa shape index (κ3) is 7.60. The second-order valence-electron chi connectivity index (χ2n) is 7.52. The molecule has 0 aromatic carbocycles. The highest BCUT2D eigenvalue weighted by atomic mass is 79.9. The van der Waals surface area contributed by atoms with Crippen LogP contribution in [0.5, 0.6) is 0 Å². The predicted molar refractivity (Wildman–Crippen MR) is 131 cm³/mol. The normalized spacial score (nSPS) is 21.2. The van der Waals surface area contributed by atoms with E-state index in [1.807, 2.05) is 15.9 Å². The average Bonchev–Trinajstić information content (AvgIpc) is 2.62. The van der Waals surface area contributed by atoms with Gasteiger partial charge in [0.05, 0.1) is 6.42 Å². The summed E-state index contributed by atoms with van der Waals surface area (Å²) in [5.41, 5.74) is 0. The van der Waals surface area contributed by atoms with Gasteiger partial charge in [-0.2, -0.15) is 35.1 Å². The molecule has 236 valence electrons. The van der Waals surface area contributed by atoms with Crippen LogP contribution in [0.1, 0.15) is 12.8 Å². The molecular weight excluding hydrogens is 885 g/mol. The Labute approximate surface area is 273 Å². The third-order valence-electron chi connectivity index (χ3n) is 4.39. The van der Waals surface area contributed by atoms with E-state index in [4.69, 9.17) is 58.0 Å². The molecule has 0 aliphatic rings. The summed E-state index contributed by atoms with van der Waals surface area (Å²) in [6.07, 6.45) is -3.66. The average molecular weight is 890 g/mol. The zero-order valence-corrected chi connectivity index (χ0v) is 26.8. The third-order valence-corrected chi connectivity index (χ3v) is 9.31. The van der Waals surface area contributed by atoms with Gasteiger partial charge in [-0.25, -0.2) is 22.0 Å². The Morgan fingerprint density at radius 3 is 1.15 bits per heavy atom. The SMILES string of the molecule is FC(Cl)(Cl)CC(F)(Br)CC(Cl)(Cl)C(Cl)C(F)(F)C(F)(F)C(Cl)(Cl)C(F)(F)C(F)(Cl)C(F)(Cl)C(F)(F)C(F)(Cl)Cl. The number of halogens is 25. The van der Waals surface area contributed by atoms with Crippen molar-refractivity contribution in [1.82, 2.24) is 0 Å². The van der Waals surface area contributed by atoms with Gasteiger partial charge in [-0.05, 0) is 15.9 Å². The molecule has 0 saturated carbocycles. The van der Waals surface area contributed by atoms with Gasteiger partial charge >= 0.3 is 38.5 Å². The molecule has 0 spiro atoms. The summed E-state index contributed by atoms with van der Waals surface area (Å²) in [4.78, 5) is 0. The van der Waals surface area contributed by atoms with E-state index in [0.29, 0.717) is 0 Å². The molecule has 0 aliphatic carbocycles. The first kappa shape index (κ1) is 41.8. The maximum atomic E-state index is 14.8. The molecule has 4 atom stereocenters. The van der Waals surface area contributed by atoms with Crippen molar-refractivity contribution in [2.24, 2.45) is 0 Å². The van der Waals surface area contributed by atoms with Gasteiger partial charge in [-0.15, -0.1) is 11.6 Å². The van der Waals surface area contributed by atoms with Crippen LogP contribution in [0.15, 0.2) is 0 Å². The van der Waals surface area contributed by atoms with E-state index in [-0.39, 0.29) is 0 Å². The van der Waals surface area contributed by atoms with Gasteiger partial charge in [-0.3, -0.25) is 0 Å². The van der Waals surface area contributed by atoms with Gasteiger partial charge in [-0.1, -0.05) is 116 Å². The van der Waals surface area contributed by atoms with Crippen molar-refractivity contribution in [3.63, 3.8) is 0 Å². The molecule has 25 heteroatoms. The number of rotatable bonds is 13. The van der Waals surface area contributed by atoms with Gasteiger partial charge < -0.3 is 0 Å². The monoisotopic (exact) mass is 884 g/mol. The summed E-state index contributed by atoms with van der Waals surface area (Å²) in [7, 11) is 0. The van der Waals surface area contributed by atoms with Gasteiger partial charge in [0.2, 0.25) is 0 Å². The predicted octanol–water partition coefficient (Wildman–Crippen LogP) is 12.3. The molecule has 0 aromatic heterocycles. The Morgan fingerprint density at radius 1 is 0.513 bits per heavy atom. The van der Waals surface area contributed by atoms with Crippen molar-refractivity contribution in [2.45, 2.75) is 74.6 Å². The molecular formula is C14H5BrCl11F13. The minimum atomic E-state index is -7.11. The van der Waals surface area contributed by atoms with Crippen LogP contribution in [0, 0.1) is 0 Å². The van der Waals surface area contributed by atoms with Crippen LogP contribution >= 0.6 is 144 Å². The Bertz CT molecular complexity index is 885. The van der Waals surface area contributed by atoms with Crippen molar-refractivity contribution < 1.29 is 57.1 Å². The first-order chi connectivity index (χ1) is 16.3. The first-order valence-corrected chi connectivity index (χ1v) is 13.5. The van der Waals surface area contributed by atoms with E-state index >= 15 is 0 Å². The Balaban J connectivity index is 6.80. The van der Waals surface area contributed by atoms with Gasteiger partial charge in [0.25, 0.3) is 8.92 Å². The summed E-state index contributed by atoms with van der Waals surface area (Å²) in [6, 6.07) is 0. The maximum Gasteiger partial charge on any atom is 0.361 e. The molecule has 0 rings (SSSR count). The van der Waals surface area contributed by atoms with Crippen molar-refractivity contribution >= 4 is 144 Å². The second-order valence-corrected chi connectivity index (χ2v) is 15.9. The summed E-state index contributed by atoms with van der Waals surface area (Å²) in [5, 5.41) is -17.2. The first-order valence-electron chi connectivity index (χ1n) is 8.50. The largest absolute Gasteiger partial charge is 0.361 e. The van der Waals surface area contributed by atoms with Gasteiger partial charge in [0.1, 0.15) is 9.71 Å². The molecule has 0 amide bonds. The van der Waals surface area contributed by atoms with E-state index < -0.39 is 74.6 Å². The van der Waals surface area contributed by atoms with Crippen LogP contribution in [0.25, 0.3) is 0 Å². The molecule has 39 heavy (non-hydrogen) atoms. The smallest absolute Gasteiger partial charge is 0.231 e. The zero-order valence-electron chi connectivity index (χ0n) is 16.9. The van der Waals surface area contributed by atoms with Gasteiger partial charge in [0, 0.05) is 6.42 Å². The van der Waals surface area contributed by atoms with E-state index in [0.717, 1.165) is 0 Å². The highest BCUT2D eigenvalue weighted by Crippen LogP contribution is 2.68. The Hall–Kier alpha value is 2.76. The van der Waals surface area contributed by atoms with Crippen molar-refractivity contribution in [3.05, 3.63) is 0 Å². The second kappa shape index (κ2) is 11.8. The standard InChI is InChI=1S/C14H5BrCl11F13/c15-4(27,2-6(19,20)28)1-5(17,18)3(16)7(29,30)11(33,34)8(21,22)12(35,36)9(23,31)10(24,32)13(37,38)14(25,26)39/h3H,1-2H2. The highest BCUT2D eigenvalue weighted by molar-refractivity contribution is 9.10. The van der Waals surface area contributed by atoms with Crippen LogP contribution in [-0.2, 0) is 0 Å². The maximum absolute atomic E-state index is 14.8. The molecule has 0 bridgehead atoms. The van der Waals surface area contributed by atoms with Crippen LogP contribution in [0.4, 0.5) is 57.1 Å². The molecule has 0 aliphatic heterocycles. The van der Waals surface area contributed by atoms with E-state index in [2.05, 4.69) is 69.6 Å². The van der Waals surface area contributed by atoms with Crippen LogP contribution < -0.4 is 0 Å². The number of hydrogen-bond acceptors (Lipinski definition) is 0. The van der Waals surface area contributed by atoms with Crippen LogP contribution in [0.3, 0.4) is 0 Å². The fraction of sp³-hybridized carbons (Fsp3) is 1.00. The molecule has 0 radical (unpaired) electrons. The molecule has 0 aromatic rings. The van der Waals surface area contributed by atoms with Crippen molar-refractivity contribution in [1.29, 1.82) is 0 Å². The summed E-state index contributed by atoms with van der Waals surface area (Å²) >= 11 is 53.8. The van der Waals surface area contributed by atoms with E-state index in [1.54, 1.807) is 0 Å². The fourth-order valence-corrected chi connectivity index (χ4v) is 6.68. The fourth-order valence-electron chi connectivity index (χ4n) is 2.39. The van der Waals surface area contributed by atoms with Crippen molar-refractivity contribution in [2.75, 3.05) is 0 Å². The van der Waals surface area contributed by atoms with E-state index in [9.17, 15) is 57.1 Å². The molecule has 0 fully saturated rings. The van der Waals surface area contributed by atoms with Crippen LogP contribution in [-0.4, -0.2) is 61.7 Å². The minimum absolute atomic E-state index is 1.71. The lowest BCUT2D eigenvalue weighted by atomic mass is 9.91. The van der Waals surface area contributed by atoms with Crippen LogP contribution in [0.2, 0.25) is 0 Å². The minimum Gasteiger partial charge on any atom is -0.231 e.